The van der Waals surface area contributed by atoms with E-state index in [9.17, 15) is 0 Å². The number of nitrogens with two attached hydrogens (primary N) is 2. The van der Waals surface area contributed by atoms with Gasteiger partial charge in [-0.1, -0.05) is 95.6 Å². The van der Waals surface area contributed by atoms with Gasteiger partial charge in [-0.2, -0.15) is 0 Å². The van der Waals surface area contributed by atoms with Crippen LogP contribution in [0.15, 0.2) is 48.5 Å². The van der Waals surface area contributed by atoms with Crippen molar-refractivity contribution >= 4 is 23.0 Å². The van der Waals surface area contributed by atoms with E-state index in [1.165, 1.54) is 22.3 Å². The molecule has 2 nitrogen and oxygen atoms in total. The Kier molecular flexibility index (Phi) is 6.67. The van der Waals surface area contributed by atoms with E-state index in [2.05, 4.69) is 90.9 Å². The maximum absolute atomic E-state index is 6.94. The van der Waals surface area contributed by atoms with Gasteiger partial charge in [0.25, 0.3) is 0 Å². The maximum Gasteiger partial charge on any atom is 0.0499 e. The van der Waals surface area contributed by atoms with Crippen molar-refractivity contribution in [3.8, 4) is 0 Å². The summed E-state index contributed by atoms with van der Waals surface area (Å²) in [6, 6.07) is 17.5. The molecule has 0 radical (unpaired) electrons. The van der Waals surface area contributed by atoms with Crippen LogP contribution in [0.25, 0.3) is 0 Å². The zero-order valence-electron chi connectivity index (χ0n) is 20.6. The van der Waals surface area contributed by atoms with E-state index in [4.69, 9.17) is 23.1 Å². The molecule has 3 heteroatoms. The third-order valence-electron chi connectivity index (χ3n) is 7.20. The van der Waals surface area contributed by atoms with E-state index >= 15 is 0 Å². The minimum Gasteiger partial charge on any atom is -0.399 e. The number of hydrogen-bond donors (Lipinski definition) is 2. The van der Waals surface area contributed by atoms with Crippen molar-refractivity contribution < 1.29 is 0 Å². The van der Waals surface area contributed by atoms with Crippen LogP contribution in [0.5, 0.6) is 0 Å². The molecule has 0 amide bonds. The average molecular weight is 449 g/mol. The second kappa shape index (κ2) is 8.83. The van der Waals surface area contributed by atoms with Crippen LogP contribution in [0.2, 0.25) is 5.02 Å². The monoisotopic (exact) mass is 448 g/mol. The quantitative estimate of drug-likeness (QED) is 0.381. The molecule has 0 atom stereocenters. The van der Waals surface area contributed by atoms with Crippen LogP contribution in [0.3, 0.4) is 0 Å². The smallest absolute Gasteiger partial charge is 0.0499 e. The number of hydrogen-bond acceptors (Lipinski definition) is 2. The molecular formula is C29H37ClN2. The Bertz CT molecular complexity index is 1140. The first kappa shape index (κ1) is 24.2. The molecule has 32 heavy (non-hydrogen) atoms. The molecule has 0 aliphatic carbocycles. The fourth-order valence-electron chi connectivity index (χ4n) is 4.57. The Morgan fingerprint density at radius 2 is 1.38 bits per heavy atom. The summed E-state index contributed by atoms with van der Waals surface area (Å²) in [4.78, 5) is 0. The first-order valence-electron chi connectivity index (χ1n) is 11.5. The lowest BCUT2D eigenvalue weighted by atomic mass is 9.72. The number of halogens is 1. The van der Waals surface area contributed by atoms with Crippen LogP contribution in [0.1, 0.15) is 80.5 Å². The van der Waals surface area contributed by atoms with Crippen molar-refractivity contribution in [3.63, 3.8) is 0 Å². The van der Waals surface area contributed by atoms with Crippen molar-refractivity contribution in [1.29, 1.82) is 0 Å². The molecule has 0 spiro atoms. The number of benzene rings is 3. The second-order valence-electron chi connectivity index (χ2n) is 9.90. The third-order valence-corrected chi connectivity index (χ3v) is 7.63. The van der Waals surface area contributed by atoms with Gasteiger partial charge >= 0.3 is 0 Å². The topological polar surface area (TPSA) is 52.0 Å². The SMILES string of the molecule is CCc1cc(C(C)(C)c2cccc(C(C)(C)c3ccc(N)c(C)c3)c2)c(Cl)c(CC)c1N. The van der Waals surface area contributed by atoms with E-state index in [0.717, 1.165) is 45.9 Å². The van der Waals surface area contributed by atoms with E-state index in [-0.39, 0.29) is 10.8 Å². The first-order valence-corrected chi connectivity index (χ1v) is 11.9. The zero-order chi connectivity index (χ0) is 23.8. The van der Waals surface area contributed by atoms with E-state index in [1.54, 1.807) is 0 Å². The molecule has 0 saturated carbocycles. The van der Waals surface area contributed by atoms with E-state index in [1.807, 2.05) is 6.07 Å². The lowest BCUT2D eigenvalue weighted by Gasteiger charge is -2.32. The molecule has 0 heterocycles. The lowest BCUT2D eigenvalue weighted by molar-refractivity contribution is 0.616. The van der Waals surface area contributed by atoms with Crippen LogP contribution in [-0.4, -0.2) is 0 Å². The summed E-state index contributed by atoms with van der Waals surface area (Å²) < 4.78 is 0. The molecule has 0 saturated heterocycles. The van der Waals surface area contributed by atoms with Crippen molar-refractivity contribution in [1.82, 2.24) is 0 Å². The van der Waals surface area contributed by atoms with E-state index < -0.39 is 0 Å². The average Bonchev–Trinajstić information content (AvgIpc) is 2.76. The number of rotatable bonds is 6. The summed E-state index contributed by atoms with van der Waals surface area (Å²) in [7, 11) is 0. The Hall–Kier alpha value is -2.45. The second-order valence-corrected chi connectivity index (χ2v) is 10.3. The summed E-state index contributed by atoms with van der Waals surface area (Å²) in [5.74, 6) is 0. The highest BCUT2D eigenvalue weighted by Gasteiger charge is 2.31. The largest absolute Gasteiger partial charge is 0.399 e. The van der Waals surface area contributed by atoms with Crippen LogP contribution in [0.4, 0.5) is 11.4 Å². The summed E-state index contributed by atoms with van der Waals surface area (Å²) in [5, 5.41) is 0.797. The summed E-state index contributed by atoms with van der Waals surface area (Å²) >= 11 is 6.94. The fraction of sp³-hybridized carbons (Fsp3) is 0.379. The minimum absolute atomic E-state index is 0.154. The molecular weight excluding hydrogens is 412 g/mol. The Balaban J connectivity index is 2.14. The maximum atomic E-state index is 6.94. The van der Waals surface area contributed by atoms with Crippen molar-refractivity contribution in [2.45, 2.75) is 72.1 Å². The Morgan fingerprint density at radius 3 is 1.94 bits per heavy atom. The molecule has 0 aromatic heterocycles. The molecule has 0 fully saturated rings. The molecule has 0 unspecified atom stereocenters. The summed E-state index contributed by atoms with van der Waals surface area (Å²) in [6.45, 7) is 15.4. The van der Waals surface area contributed by atoms with Gasteiger partial charge in [0.1, 0.15) is 0 Å². The number of aryl methyl sites for hydroxylation is 2. The van der Waals surface area contributed by atoms with Gasteiger partial charge in [-0.15, -0.1) is 0 Å². The highest BCUT2D eigenvalue weighted by Crippen LogP contribution is 2.42. The molecule has 3 aromatic carbocycles. The zero-order valence-corrected chi connectivity index (χ0v) is 21.3. The first-order chi connectivity index (χ1) is 14.9. The van der Waals surface area contributed by atoms with Crippen LogP contribution >= 0.6 is 11.6 Å². The molecule has 3 aromatic rings. The van der Waals surface area contributed by atoms with Gasteiger partial charge in [-0.25, -0.2) is 0 Å². The predicted molar refractivity (Wildman–Crippen MR) is 141 cm³/mol. The molecule has 0 bridgehead atoms. The molecule has 3 rings (SSSR count). The normalized spacial score (nSPS) is 12.2. The van der Waals surface area contributed by atoms with Gasteiger partial charge in [-0.05, 0) is 64.8 Å². The van der Waals surface area contributed by atoms with Crippen molar-refractivity contribution in [3.05, 3.63) is 92.5 Å². The van der Waals surface area contributed by atoms with Gasteiger partial charge in [0.05, 0.1) is 0 Å². The molecule has 0 aliphatic rings. The number of nitrogen functional groups attached to an aromatic ring is 2. The van der Waals surface area contributed by atoms with Gasteiger partial charge in [0.15, 0.2) is 0 Å². The van der Waals surface area contributed by atoms with Crippen LogP contribution in [-0.2, 0) is 23.7 Å². The Morgan fingerprint density at radius 1 is 0.781 bits per heavy atom. The van der Waals surface area contributed by atoms with Gasteiger partial charge in [-0.3, -0.25) is 0 Å². The van der Waals surface area contributed by atoms with Crippen molar-refractivity contribution in [2.75, 3.05) is 11.5 Å². The lowest BCUT2D eigenvalue weighted by Crippen LogP contribution is -2.24. The van der Waals surface area contributed by atoms with Crippen LogP contribution < -0.4 is 11.5 Å². The van der Waals surface area contributed by atoms with E-state index in [0.29, 0.717) is 0 Å². The predicted octanol–water partition coefficient (Wildman–Crippen LogP) is 7.59. The minimum atomic E-state index is -0.262. The van der Waals surface area contributed by atoms with Gasteiger partial charge in [0.2, 0.25) is 0 Å². The van der Waals surface area contributed by atoms with Crippen molar-refractivity contribution in [2.24, 2.45) is 0 Å². The van der Waals surface area contributed by atoms with Gasteiger partial charge < -0.3 is 11.5 Å². The summed E-state index contributed by atoms with van der Waals surface area (Å²) in [5.41, 5.74) is 22.0. The molecule has 0 aliphatic heterocycles. The fourth-order valence-corrected chi connectivity index (χ4v) is 5.09. The molecule has 170 valence electrons. The molecule has 4 N–H and O–H groups in total. The highest BCUT2D eigenvalue weighted by molar-refractivity contribution is 6.32. The number of anilines is 2. The standard InChI is InChI=1S/C29H37ClN2/c1-8-19-16-24(26(30)23(9-2)27(19)32)29(6,7)21-12-10-11-20(17-21)28(4,5)22-13-14-25(31)18(3)15-22/h10-17H,8-9,31-32H2,1-7H3. The Labute approximate surface area is 199 Å². The highest BCUT2D eigenvalue weighted by atomic mass is 35.5. The third kappa shape index (κ3) is 4.13. The van der Waals surface area contributed by atoms with Gasteiger partial charge in [0, 0.05) is 27.2 Å². The summed E-state index contributed by atoms with van der Waals surface area (Å²) in [6.07, 6.45) is 1.72. The van der Waals surface area contributed by atoms with Crippen LogP contribution in [0, 0.1) is 6.92 Å².